The number of ether oxygens (including phenoxy) is 1. The average Bonchev–Trinajstić information content (AvgIpc) is 2.72. The third-order valence-electron chi connectivity index (χ3n) is 4.27. The normalized spacial score (nSPS) is 10.2. The summed E-state index contributed by atoms with van der Waals surface area (Å²) in [6, 6.07) is 12.3. The minimum absolute atomic E-state index is 0.0120. The van der Waals surface area contributed by atoms with Gasteiger partial charge in [-0.1, -0.05) is 13.0 Å². The molecule has 7 nitrogen and oxygen atoms in total. The Kier molecular flexibility index (Phi) is 8.21. The zero-order valence-electron chi connectivity index (χ0n) is 17.0. The van der Waals surface area contributed by atoms with Gasteiger partial charge in [-0.2, -0.15) is 0 Å². The van der Waals surface area contributed by atoms with E-state index in [1.807, 2.05) is 39.0 Å². The van der Waals surface area contributed by atoms with Crippen LogP contribution in [0.2, 0.25) is 0 Å². The van der Waals surface area contributed by atoms with Crippen LogP contribution in [-0.4, -0.2) is 24.3 Å². The SMILES string of the molecule is CCCOc1ccc(C(=O)NNC(=O)CCC(=O)Nc2ccc(C)c(C)c2)cc1. The number of anilines is 1. The Morgan fingerprint density at radius 3 is 2.21 bits per heavy atom. The molecule has 2 rings (SSSR count). The Morgan fingerprint density at radius 1 is 0.862 bits per heavy atom. The smallest absolute Gasteiger partial charge is 0.269 e. The number of hydrogen-bond acceptors (Lipinski definition) is 4. The number of rotatable bonds is 8. The van der Waals surface area contributed by atoms with Crippen LogP contribution in [0.15, 0.2) is 42.5 Å². The van der Waals surface area contributed by atoms with Crippen LogP contribution in [0.5, 0.6) is 5.75 Å². The molecular formula is C22H27N3O4. The fourth-order valence-corrected chi connectivity index (χ4v) is 2.45. The van der Waals surface area contributed by atoms with Gasteiger partial charge in [0.1, 0.15) is 5.75 Å². The van der Waals surface area contributed by atoms with Crippen LogP contribution in [0.25, 0.3) is 0 Å². The third kappa shape index (κ3) is 7.29. The molecule has 7 heteroatoms. The van der Waals surface area contributed by atoms with Gasteiger partial charge in [-0.3, -0.25) is 25.2 Å². The molecule has 0 aliphatic heterocycles. The summed E-state index contributed by atoms with van der Waals surface area (Å²) in [7, 11) is 0. The van der Waals surface area contributed by atoms with Crippen molar-refractivity contribution in [3.05, 3.63) is 59.2 Å². The van der Waals surface area contributed by atoms with E-state index in [4.69, 9.17) is 4.74 Å². The first kappa shape index (κ1) is 21.9. The highest BCUT2D eigenvalue weighted by Crippen LogP contribution is 2.14. The van der Waals surface area contributed by atoms with Crippen molar-refractivity contribution in [1.29, 1.82) is 0 Å². The van der Waals surface area contributed by atoms with Gasteiger partial charge in [0.25, 0.3) is 5.91 Å². The molecule has 0 bridgehead atoms. The van der Waals surface area contributed by atoms with E-state index >= 15 is 0 Å². The van der Waals surface area contributed by atoms with Crippen LogP contribution in [0.1, 0.15) is 47.7 Å². The van der Waals surface area contributed by atoms with Crippen LogP contribution in [0, 0.1) is 13.8 Å². The van der Waals surface area contributed by atoms with Gasteiger partial charge in [0, 0.05) is 24.1 Å². The molecule has 0 fully saturated rings. The molecule has 2 aromatic carbocycles. The standard InChI is InChI=1S/C22H27N3O4/c1-4-13-29-19-9-6-17(7-10-19)22(28)25-24-21(27)12-11-20(26)23-18-8-5-15(2)16(3)14-18/h5-10,14H,4,11-13H2,1-3H3,(H,23,26)(H,24,27)(H,25,28). The number of hydrogen-bond donors (Lipinski definition) is 3. The predicted octanol–water partition coefficient (Wildman–Crippen LogP) is 3.27. The van der Waals surface area contributed by atoms with Crippen molar-refractivity contribution in [3.63, 3.8) is 0 Å². The summed E-state index contributed by atoms with van der Waals surface area (Å²) >= 11 is 0. The Bertz CT molecular complexity index is 863. The second-order valence-electron chi connectivity index (χ2n) is 6.72. The van der Waals surface area contributed by atoms with Crippen molar-refractivity contribution in [2.24, 2.45) is 0 Å². The Morgan fingerprint density at radius 2 is 1.55 bits per heavy atom. The van der Waals surface area contributed by atoms with Gasteiger partial charge >= 0.3 is 0 Å². The highest BCUT2D eigenvalue weighted by Gasteiger charge is 2.10. The van der Waals surface area contributed by atoms with Gasteiger partial charge in [0.05, 0.1) is 6.61 Å². The number of nitrogens with one attached hydrogen (secondary N) is 3. The Hall–Kier alpha value is -3.35. The molecule has 0 atom stereocenters. The second kappa shape index (κ2) is 10.8. The van der Waals surface area contributed by atoms with Crippen molar-refractivity contribution < 1.29 is 19.1 Å². The van der Waals surface area contributed by atoms with E-state index in [9.17, 15) is 14.4 Å². The molecule has 0 unspecified atom stereocenters. The number of aryl methyl sites for hydroxylation is 2. The van der Waals surface area contributed by atoms with Crippen molar-refractivity contribution in [2.75, 3.05) is 11.9 Å². The summed E-state index contributed by atoms with van der Waals surface area (Å²) in [6.07, 6.45) is 0.871. The quantitative estimate of drug-likeness (QED) is 0.596. The van der Waals surface area contributed by atoms with E-state index in [2.05, 4.69) is 16.2 Å². The molecule has 0 aliphatic rings. The lowest BCUT2D eigenvalue weighted by atomic mass is 10.1. The summed E-state index contributed by atoms with van der Waals surface area (Å²) in [5, 5.41) is 2.76. The van der Waals surface area contributed by atoms with Gasteiger partial charge in [-0.15, -0.1) is 0 Å². The molecule has 0 spiro atoms. The lowest BCUT2D eigenvalue weighted by Gasteiger charge is -2.09. The van der Waals surface area contributed by atoms with Gasteiger partial charge in [-0.25, -0.2) is 0 Å². The maximum absolute atomic E-state index is 12.1. The molecule has 0 aliphatic carbocycles. The molecule has 29 heavy (non-hydrogen) atoms. The van der Waals surface area contributed by atoms with Crippen LogP contribution < -0.4 is 20.9 Å². The summed E-state index contributed by atoms with van der Waals surface area (Å²) in [5.41, 5.74) is 7.95. The Balaban J connectivity index is 1.72. The van der Waals surface area contributed by atoms with Crippen LogP contribution >= 0.6 is 0 Å². The minimum atomic E-state index is -0.448. The molecule has 0 saturated heterocycles. The van der Waals surface area contributed by atoms with E-state index in [0.717, 1.165) is 17.5 Å². The Labute approximate surface area is 170 Å². The second-order valence-corrected chi connectivity index (χ2v) is 6.72. The first-order valence-corrected chi connectivity index (χ1v) is 9.58. The molecule has 0 saturated carbocycles. The van der Waals surface area contributed by atoms with E-state index in [1.54, 1.807) is 24.3 Å². The summed E-state index contributed by atoms with van der Waals surface area (Å²) in [6.45, 7) is 6.58. The van der Waals surface area contributed by atoms with Gasteiger partial charge in [-0.05, 0) is 67.8 Å². The predicted molar refractivity (Wildman–Crippen MR) is 112 cm³/mol. The first-order chi connectivity index (χ1) is 13.9. The lowest BCUT2D eigenvalue weighted by molar-refractivity contribution is -0.124. The molecular weight excluding hydrogens is 370 g/mol. The molecule has 2 aromatic rings. The van der Waals surface area contributed by atoms with Gasteiger partial charge in [0.15, 0.2) is 0 Å². The summed E-state index contributed by atoms with van der Waals surface area (Å²) in [4.78, 5) is 35.9. The van der Waals surface area contributed by atoms with E-state index in [-0.39, 0.29) is 18.7 Å². The number of benzene rings is 2. The molecule has 154 valence electrons. The van der Waals surface area contributed by atoms with Gasteiger partial charge < -0.3 is 10.1 Å². The van der Waals surface area contributed by atoms with Crippen molar-refractivity contribution in [1.82, 2.24) is 10.9 Å². The summed E-state index contributed by atoms with van der Waals surface area (Å²) in [5.74, 6) is -0.476. The number of hydrazine groups is 1. The monoisotopic (exact) mass is 397 g/mol. The molecule has 3 N–H and O–H groups in total. The third-order valence-corrected chi connectivity index (χ3v) is 4.27. The van der Waals surface area contributed by atoms with E-state index in [0.29, 0.717) is 23.6 Å². The molecule has 0 aromatic heterocycles. The highest BCUT2D eigenvalue weighted by atomic mass is 16.5. The average molecular weight is 397 g/mol. The van der Waals surface area contributed by atoms with E-state index in [1.165, 1.54) is 0 Å². The van der Waals surface area contributed by atoms with Crippen LogP contribution in [0.4, 0.5) is 5.69 Å². The van der Waals surface area contributed by atoms with Crippen molar-refractivity contribution in [3.8, 4) is 5.75 Å². The van der Waals surface area contributed by atoms with Crippen molar-refractivity contribution in [2.45, 2.75) is 40.0 Å². The molecule has 0 heterocycles. The van der Waals surface area contributed by atoms with E-state index < -0.39 is 11.8 Å². The fraction of sp³-hybridized carbons (Fsp3) is 0.318. The summed E-state index contributed by atoms with van der Waals surface area (Å²) < 4.78 is 5.46. The number of carbonyl (C=O) groups is 3. The highest BCUT2D eigenvalue weighted by molar-refractivity contribution is 5.96. The van der Waals surface area contributed by atoms with Crippen LogP contribution in [0.3, 0.4) is 0 Å². The van der Waals surface area contributed by atoms with Crippen LogP contribution in [-0.2, 0) is 9.59 Å². The number of amides is 3. The maximum atomic E-state index is 12.1. The maximum Gasteiger partial charge on any atom is 0.269 e. The largest absolute Gasteiger partial charge is 0.494 e. The zero-order valence-corrected chi connectivity index (χ0v) is 17.0. The number of carbonyl (C=O) groups excluding carboxylic acids is 3. The molecule has 3 amide bonds. The van der Waals surface area contributed by atoms with Gasteiger partial charge in [0.2, 0.25) is 11.8 Å². The molecule has 0 radical (unpaired) electrons. The fourth-order valence-electron chi connectivity index (χ4n) is 2.45. The zero-order chi connectivity index (χ0) is 21.2. The van der Waals surface area contributed by atoms with Crippen molar-refractivity contribution >= 4 is 23.4 Å². The lowest BCUT2D eigenvalue weighted by Crippen LogP contribution is -2.41. The first-order valence-electron chi connectivity index (χ1n) is 9.58. The minimum Gasteiger partial charge on any atom is -0.494 e. The topological polar surface area (TPSA) is 96.5 Å².